The molecular weight excluding hydrogens is 270 g/mol. The first-order valence-corrected chi connectivity index (χ1v) is 7.74. The molecule has 0 aromatic heterocycles. The van der Waals surface area contributed by atoms with Gasteiger partial charge in [0.2, 0.25) is 0 Å². The number of hydrogen-bond acceptors (Lipinski definition) is 2. The third kappa shape index (κ3) is 2.12. The van der Waals surface area contributed by atoms with Crippen LogP contribution in [0.1, 0.15) is 11.1 Å². The summed E-state index contributed by atoms with van der Waals surface area (Å²) in [6.07, 6.45) is 1.11. The van der Waals surface area contributed by atoms with Crippen molar-refractivity contribution in [2.75, 3.05) is 18.6 Å². The van der Waals surface area contributed by atoms with Crippen LogP contribution in [-0.4, -0.2) is 13.7 Å². The molecule has 0 aliphatic carbocycles. The van der Waals surface area contributed by atoms with Crippen molar-refractivity contribution < 1.29 is 4.74 Å². The van der Waals surface area contributed by atoms with Crippen LogP contribution in [0, 0.1) is 0 Å². The first kappa shape index (κ1) is 13.2. The van der Waals surface area contributed by atoms with Crippen molar-refractivity contribution in [3.05, 3.63) is 71.8 Å². The summed E-state index contributed by atoms with van der Waals surface area (Å²) in [6, 6.07) is 21.5. The fourth-order valence-corrected chi connectivity index (χ4v) is 3.41. The van der Waals surface area contributed by atoms with Crippen molar-refractivity contribution in [3.63, 3.8) is 0 Å². The largest absolute Gasteiger partial charge is 0.496 e. The van der Waals surface area contributed by atoms with Gasteiger partial charge in [-0.05, 0) is 29.7 Å². The van der Waals surface area contributed by atoms with Crippen molar-refractivity contribution >= 4 is 16.5 Å². The Morgan fingerprint density at radius 2 is 1.55 bits per heavy atom. The van der Waals surface area contributed by atoms with Gasteiger partial charge in [0.15, 0.2) is 0 Å². The lowest BCUT2D eigenvalue weighted by Gasteiger charge is -2.31. The van der Waals surface area contributed by atoms with E-state index in [-0.39, 0.29) is 0 Å². The molecule has 0 unspecified atom stereocenters. The quantitative estimate of drug-likeness (QED) is 0.693. The van der Waals surface area contributed by atoms with Crippen molar-refractivity contribution in [3.8, 4) is 5.75 Å². The average Bonchev–Trinajstić information content (AvgIpc) is 2.60. The third-order valence-electron chi connectivity index (χ3n) is 4.55. The number of methoxy groups -OCH3 is 1. The molecule has 1 aliphatic rings. The second-order valence-electron chi connectivity index (χ2n) is 5.77. The zero-order valence-corrected chi connectivity index (χ0v) is 12.8. The van der Waals surface area contributed by atoms with Crippen LogP contribution < -0.4 is 9.64 Å². The van der Waals surface area contributed by atoms with Crippen LogP contribution in [0.15, 0.2) is 60.7 Å². The molecule has 0 radical (unpaired) electrons. The van der Waals surface area contributed by atoms with Crippen LogP contribution in [-0.2, 0) is 13.0 Å². The summed E-state index contributed by atoms with van der Waals surface area (Å²) in [5.74, 6) is 0.941. The van der Waals surface area contributed by atoms with E-state index < -0.39 is 0 Å². The predicted molar refractivity (Wildman–Crippen MR) is 91.7 cm³/mol. The lowest BCUT2D eigenvalue weighted by molar-refractivity contribution is 0.420. The standard InChI is InChI=1S/C20H19NO/c1-22-20-11-10-19(17-8-4-5-9-18(17)20)21-13-12-15-6-2-3-7-16(15)14-21/h2-11H,12-14H2,1H3. The Labute approximate surface area is 130 Å². The van der Waals surface area contributed by atoms with Crippen LogP contribution in [0.5, 0.6) is 5.75 Å². The molecule has 0 fully saturated rings. The minimum atomic E-state index is 0.941. The number of fused-ring (bicyclic) bond motifs is 2. The maximum atomic E-state index is 5.51. The maximum absolute atomic E-state index is 5.51. The molecular formula is C20H19NO. The van der Waals surface area contributed by atoms with Gasteiger partial charge >= 0.3 is 0 Å². The summed E-state index contributed by atoms with van der Waals surface area (Å²) >= 11 is 0. The topological polar surface area (TPSA) is 12.5 Å². The Bertz CT molecular complexity index is 825. The fraction of sp³-hybridized carbons (Fsp3) is 0.200. The number of rotatable bonds is 2. The molecule has 0 saturated heterocycles. The van der Waals surface area contributed by atoms with E-state index in [1.165, 1.54) is 27.6 Å². The van der Waals surface area contributed by atoms with Gasteiger partial charge in [0.1, 0.15) is 5.75 Å². The van der Waals surface area contributed by atoms with Crippen LogP contribution in [0.2, 0.25) is 0 Å². The van der Waals surface area contributed by atoms with Crippen LogP contribution in [0.4, 0.5) is 5.69 Å². The minimum Gasteiger partial charge on any atom is -0.496 e. The highest BCUT2D eigenvalue weighted by Gasteiger charge is 2.18. The van der Waals surface area contributed by atoms with E-state index in [9.17, 15) is 0 Å². The van der Waals surface area contributed by atoms with Gasteiger partial charge in [-0.2, -0.15) is 0 Å². The van der Waals surface area contributed by atoms with E-state index in [0.29, 0.717) is 0 Å². The normalized spacial score (nSPS) is 14.0. The molecule has 110 valence electrons. The van der Waals surface area contributed by atoms with E-state index in [1.807, 2.05) is 0 Å². The second-order valence-corrected chi connectivity index (χ2v) is 5.77. The van der Waals surface area contributed by atoms with E-state index in [2.05, 4.69) is 65.6 Å². The lowest BCUT2D eigenvalue weighted by atomic mass is 9.98. The van der Waals surface area contributed by atoms with Gasteiger partial charge in [-0.3, -0.25) is 0 Å². The zero-order chi connectivity index (χ0) is 14.9. The summed E-state index contributed by atoms with van der Waals surface area (Å²) in [5.41, 5.74) is 4.22. The molecule has 0 saturated carbocycles. The van der Waals surface area contributed by atoms with Gasteiger partial charge in [-0.1, -0.05) is 48.5 Å². The molecule has 2 heteroatoms. The van der Waals surface area contributed by atoms with E-state index in [4.69, 9.17) is 4.74 Å². The smallest absolute Gasteiger partial charge is 0.126 e. The number of ether oxygens (including phenoxy) is 1. The molecule has 1 heterocycles. The number of anilines is 1. The van der Waals surface area contributed by atoms with Gasteiger partial charge < -0.3 is 9.64 Å². The molecule has 0 N–H and O–H groups in total. The minimum absolute atomic E-state index is 0.941. The molecule has 3 aromatic carbocycles. The molecule has 3 aromatic rings. The number of hydrogen-bond donors (Lipinski definition) is 0. The summed E-state index contributed by atoms with van der Waals surface area (Å²) < 4.78 is 5.51. The summed E-state index contributed by atoms with van der Waals surface area (Å²) in [5, 5.41) is 2.45. The molecule has 2 nitrogen and oxygen atoms in total. The van der Waals surface area contributed by atoms with Crippen molar-refractivity contribution in [2.24, 2.45) is 0 Å². The first-order valence-electron chi connectivity index (χ1n) is 7.74. The fourth-order valence-electron chi connectivity index (χ4n) is 3.41. The van der Waals surface area contributed by atoms with Crippen LogP contribution in [0.25, 0.3) is 10.8 Å². The summed E-state index contributed by atoms with van der Waals surface area (Å²) in [7, 11) is 1.73. The molecule has 0 bridgehead atoms. The van der Waals surface area contributed by atoms with Gasteiger partial charge in [-0.25, -0.2) is 0 Å². The Balaban J connectivity index is 1.80. The molecule has 4 rings (SSSR count). The van der Waals surface area contributed by atoms with Crippen LogP contribution in [0.3, 0.4) is 0 Å². The summed E-state index contributed by atoms with van der Waals surface area (Å²) in [4.78, 5) is 2.48. The van der Waals surface area contributed by atoms with Crippen molar-refractivity contribution in [2.45, 2.75) is 13.0 Å². The van der Waals surface area contributed by atoms with Crippen molar-refractivity contribution in [1.29, 1.82) is 0 Å². The SMILES string of the molecule is COc1ccc(N2CCc3ccccc3C2)c2ccccc12. The van der Waals surface area contributed by atoms with Gasteiger partial charge in [0.05, 0.1) is 7.11 Å². The van der Waals surface area contributed by atoms with E-state index in [1.54, 1.807) is 7.11 Å². The Hall–Kier alpha value is -2.48. The highest BCUT2D eigenvalue weighted by Crippen LogP contribution is 2.35. The van der Waals surface area contributed by atoms with Gasteiger partial charge in [-0.15, -0.1) is 0 Å². The highest BCUT2D eigenvalue weighted by molar-refractivity contribution is 5.98. The first-order chi connectivity index (χ1) is 10.9. The second kappa shape index (κ2) is 5.38. The van der Waals surface area contributed by atoms with E-state index >= 15 is 0 Å². The molecule has 0 amide bonds. The highest BCUT2D eigenvalue weighted by atomic mass is 16.5. The van der Waals surface area contributed by atoms with Crippen LogP contribution >= 0.6 is 0 Å². The molecule has 0 spiro atoms. The summed E-state index contributed by atoms with van der Waals surface area (Å²) in [6.45, 7) is 2.04. The van der Waals surface area contributed by atoms with Gasteiger partial charge in [0.25, 0.3) is 0 Å². The number of benzene rings is 3. The Morgan fingerprint density at radius 1 is 0.818 bits per heavy atom. The predicted octanol–water partition coefficient (Wildman–Crippen LogP) is 4.41. The van der Waals surface area contributed by atoms with Gasteiger partial charge in [0, 0.05) is 29.5 Å². The number of nitrogens with zero attached hydrogens (tertiary/aromatic N) is 1. The monoisotopic (exact) mass is 289 g/mol. The molecule has 1 aliphatic heterocycles. The van der Waals surface area contributed by atoms with E-state index in [0.717, 1.165) is 25.3 Å². The van der Waals surface area contributed by atoms with Crippen molar-refractivity contribution in [1.82, 2.24) is 0 Å². The lowest BCUT2D eigenvalue weighted by Crippen LogP contribution is -2.30. The molecule has 0 atom stereocenters. The zero-order valence-electron chi connectivity index (χ0n) is 12.8. The molecule has 22 heavy (non-hydrogen) atoms. The Morgan fingerprint density at radius 3 is 2.36 bits per heavy atom. The maximum Gasteiger partial charge on any atom is 0.126 e. The average molecular weight is 289 g/mol. The third-order valence-corrected chi connectivity index (χ3v) is 4.55. The Kier molecular flexibility index (Phi) is 3.23.